The van der Waals surface area contributed by atoms with Crippen LogP contribution in [0.5, 0.6) is 0 Å². The van der Waals surface area contributed by atoms with Gasteiger partial charge in [0.25, 0.3) is 0 Å². The van der Waals surface area contributed by atoms with Gasteiger partial charge in [0.2, 0.25) is 5.91 Å². The average molecular weight is 349 g/mol. The molecule has 128 valence electrons. The molecule has 0 bridgehead atoms. The second-order valence-electron chi connectivity index (χ2n) is 6.15. The lowest BCUT2D eigenvalue weighted by Crippen LogP contribution is -2.25. The van der Waals surface area contributed by atoms with Crippen LogP contribution in [0.25, 0.3) is 10.8 Å². The molecule has 0 aromatic heterocycles. The number of hydrogen-bond acceptors (Lipinski definition) is 2. The summed E-state index contributed by atoms with van der Waals surface area (Å²) >= 11 is 1.77. The van der Waals surface area contributed by atoms with E-state index in [4.69, 9.17) is 0 Å². The summed E-state index contributed by atoms with van der Waals surface area (Å²) in [6.45, 7) is 2.79. The van der Waals surface area contributed by atoms with Crippen molar-refractivity contribution in [1.29, 1.82) is 0 Å². The van der Waals surface area contributed by atoms with E-state index in [1.165, 1.54) is 26.8 Å². The minimum Gasteiger partial charge on any atom is -0.355 e. The maximum atomic E-state index is 12.1. The predicted molar refractivity (Wildman–Crippen MR) is 107 cm³/mol. The summed E-state index contributed by atoms with van der Waals surface area (Å²) in [5.41, 5.74) is 2.51. The number of aryl methyl sites for hydroxylation is 2. The molecular formula is C22H23NOS. The normalized spacial score (nSPS) is 10.8. The zero-order valence-electron chi connectivity index (χ0n) is 14.5. The number of fused-ring (bicyclic) bond motifs is 1. The Labute approximate surface area is 153 Å². The minimum absolute atomic E-state index is 0.123. The lowest BCUT2D eigenvalue weighted by atomic mass is 10.0. The van der Waals surface area contributed by atoms with Gasteiger partial charge in [-0.15, -0.1) is 11.8 Å². The summed E-state index contributed by atoms with van der Waals surface area (Å²) in [4.78, 5) is 13.3. The Balaban J connectivity index is 1.42. The van der Waals surface area contributed by atoms with E-state index < -0.39 is 0 Å². The number of benzene rings is 3. The second kappa shape index (κ2) is 8.72. The zero-order valence-corrected chi connectivity index (χ0v) is 15.3. The highest BCUT2D eigenvalue weighted by Gasteiger charge is 2.05. The van der Waals surface area contributed by atoms with Gasteiger partial charge in [0, 0.05) is 23.6 Å². The summed E-state index contributed by atoms with van der Waals surface area (Å²) in [6.07, 6.45) is 1.31. The van der Waals surface area contributed by atoms with Crippen molar-refractivity contribution in [2.45, 2.75) is 24.7 Å². The molecule has 25 heavy (non-hydrogen) atoms. The van der Waals surface area contributed by atoms with Gasteiger partial charge >= 0.3 is 0 Å². The molecule has 2 nitrogen and oxygen atoms in total. The van der Waals surface area contributed by atoms with Gasteiger partial charge in [-0.1, -0.05) is 60.2 Å². The van der Waals surface area contributed by atoms with Crippen LogP contribution >= 0.6 is 11.8 Å². The molecule has 0 saturated heterocycles. The van der Waals surface area contributed by atoms with Crippen LogP contribution < -0.4 is 5.32 Å². The van der Waals surface area contributed by atoms with Crippen LogP contribution in [0.2, 0.25) is 0 Å². The van der Waals surface area contributed by atoms with Gasteiger partial charge in [-0.3, -0.25) is 4.79 Å². The summed E-state index contributed by atoms with van der Waals surface area (Å²) < 4.78 is 0. The minimum atomic E-state index is 0.123. The first kappa shape index (κ1) is 17.6. The van der Waals surface area contributed by atoms with Crippen LogP contribution in [-0.2, 0) is 11.2 Å². The third-order valence-corrected chi connectivity index (χ3v) is 5.23. The Morgan fingerprint density at radius 1 is 0.960 bits per heavy atom. The van der Waals surface area contributed by atoms with Crippen molar-refractivity contribution in [3.8, 4) is 0 Å². The zero-order chi connectivity index (χ0) is 17.5. The molecule has 0 atom stereocenters. The van der Waals surface area contributed by atoms with E-state index in [9.17, 15) is 4.79 Å². The third kappa shape index (κ3) is 5.10. The number of nitrogens with one attached hydrogen (secondary N) is 1. The first-order chi connectivity index (χ1) is 12.2. The largest absolute Gasteiger partial charge is 0.355 e. The van der Waals surface area contributed by atoms with Gasteiger partial charge in [-0.2, -0.15) is 0 Å². The Kier molecular flexibility index (Phi) is 6.13. The van der Waals surface area contributed by atoms with Crippen LogP contribution in [0.3, 0.4) is 0 Å². The molecule has 1 N–H and O–H groups in total. The molecule has 3 aromatic carbocycles. The van der Waals surface area contributed by atoms with Crippen molar-refractivity contribution in [3.63, 3.8) is 0 Å². The van der Waals surface area contributed by atoms with Crippen molar-refractivity contribution < 1.29 is 4.79 Å². The molecule has 3 aromatic rings. The number of hydrogen-bond donors (Lipinski definition) is 1. The van der Waals surface area contributed by atoms with Crippen LogP contribution in [0.4, 0.5) is 0 Å². The van der Waals surface area contributed by atoms with Gasteiger partial charge in [0.1, 0.15) is 0 Å². The first-order valence-electron chi connectivity index (χ1n) is 8.65. The Morgan fingerprint density at radius 3 is 2.56 bits per heavy atom. The summed E-state index contributed by atoms with van der Waals surface area (Å²) in [5.74, 6) is 1.01. The van der Waals surface area contributed by atoms with Crippen molar-refractivity contribution in [3.05, 3.63) is 77.9 Å². The van der Waals surface area contributed by atoms with E-state index in [0.29, 0.717) is 13.0 Å². The maximum Gasteiger partial charge on any atom is 0.220 e. The highest BCUT2D eigenvalue weighted by atomic mass is 32.2. The van der Waals surface area contributed by atoms with E-state index in [-0.39, 0.29) is 5.91 Å². The number of carbonyl (C=O) groups excluding carboxylic acids is 1. The highest BCUT2D eigenvalue weighted by molar-refractivity contribution is 7.99. The van der Waals surface area contributed by atoms with E-state index in [0.717, 1.165) is 12.2 Å². The standard InChI is InChI=1S/C22H23NOS/c1-17-9-12-20(13-10-17)25-16-15-23-22(24)14-11-19-7-4-6-18-5-2-3-8-21(18)19/h2-10,12-13H,11,14-16H2,1H3,(H,23,24). The van der Waals surface area contributed by atoms with Gasteiger partial charge in [0.15, 0.2) is 0 Å². The van der Waals surface area contributed by atoms with E-state index in [1.54, 1.807) is 11.8 Å². The first-order valence-corrected chi connectivity index (χ1v) is 9.64. The molecular weight excluding hydrogens is 326 g/mol. The summed E-state index contributed by atoms with van der Waals surface area (Å²) in [5, 5.41) is 5.50. The second-order valence-corrected chi connectivity index (χ2v) is 7.32. The fourth-order valence-electron chi connectivity index (χ4n) is 2.84. The molecule has 0 saturated carbocycles. The lowest BCUT2D eigenvalue weighted by molar-refractivity contribution is -0.120. The number of thioether (sulfide) groups is 1. The molecule has 0 fully saturated rings. The number of carbonyl (C=O) groups is 1. The van der Waals surface area contributed by atoms with E-state index in [2.05, 4.69) is 66.8 Å². The molecule has 3 rings (SSSR count). The van der Waals surface area contributed by atoms with Crippen molar-refractivity contribution in [2.75, 3.05) is 12.3 Å². The molecule has 1 amide bonds. The van der Waals surface area contributed by atoms with E-state index in [1.807, 2.05) is 12.1 Å². The fraction of sp³-hybridized carbons (Fsp3) is 0.227. The van der Waals surface area contributed by atoms with Crippen molar-refractivity contribution in [2.24, 2.45) is 0 Å². The Hall–Kier alpha value is -2.26. The average Bonchev–Trinajstić information content (AvgIpc) is 2.65. The van der Waals surface area contributed by atoms with Crippen LogP contribution in [-0.4, -0.2) is 18.2 Å². The smallest absolute Gasteiger partial charge is 0.220 e. The monoisotopic (exact) mass is 349 g/mol. The van der Waals surface area contributed by atoms with Crippen LogP contribution in [0.1, 0.15) is 17.5 Å². The lowest BCUT2D eigenvalue weighted by Gasteiger charge is -2.08. The summed E-state index contributed by atoms with van der Waals surface area (Å²) in [7, 11) is 0. The fourth-order valence-corrected chi connectivity index (χ4v) is 3.61. The third-order valence-electron chi connectivity index (χ3n) is 4.22. The molecule has 3 heteroatoms. The SMILES string of the molecule is Cc1ccc(SCCNC(=O)CCc2cccc3ccccc23)cc1. The molecule has 0 radical (unpaired) electrons. The van der Waals surface area contributed by atoms with Gasteiger partial charge in [-0.05, 0) is 41.8 Å². The van der Waals surface area contributed by atoms with Crippen LogP contribution in [0.15, 0.2) is 71.6 Å². The molecule has 0 aliphatic rings. The van der Waals surface area contributed by atoms with Crippen molar-refractivity contribution >= 4 is 28.4 Å². The number of rotatable bonds is 7. The Bertz CT molecular complexity index is 837. The van der Waals surface area contributed by atoms with Gasteiger partial charge < -0.3 is 5.32 Å². The van der Waals surface area contributed by atoms with Crippen LogP contribution in [0, 0.1) is 6.92 Å². The molecule has 0 unspecified atom stereocenters. The van der Waals surface area contributed by atoms with E-state index >= 15 is 0 Å². The van der Waals surface area contributed by atoms with Gasteiger partial charge in [0.05, 0.1) is 0 Å². The molecule has 0 heterocycles. The quantitative estimate of drug-likeness (QED) is 0.481. The van der Waals surface area contributed by atoms with Crippen molar-refractivity contribution in [1.82, 2.24) is 5.32 Å². The predicted octanol–water partition coefficient (Wildman–Crippen LogP) is 4.99. The molecule has 0 spiro atoms. The Morgan fingerprint density at radius 2 is 1.72 bits per heavy atom. The molecule has 0 aliphatic heterocycles. The molecule has 0 aliphatic carbocycles. The topological polar surface area (TPSA) is 29.1 Å². The number of amides is 1. The highest BCUT2D eigenvalue weighted by Crippen LogP contribution is 2.20. The summed E-state index contributed by atoms with van der Waals surface area (Å²) in [6, 6.07) is 23.1. The van der Waals surface area contributed by atoms with Gasteiger partial charge in [-0.25, -0.2) is 0 Å². The maximum absolute atomic E-state index is 12.1.